The summed E-state index contributed by atoms with van der Waals surface area (Å²) < 4.78 is 5.21. The fourth-order valence-corrected chi connectivity index (χ4v) is 4.10. The highest BCUT2D eigenvalue weighted by Crippen LogP contribution is 2.27. The zero-order chi connectivity index (χ0) is 19.4. The second kappa shape index (κ2) is 8.59. The number of carboxylic acid groups (broad SMARTS) is 1. The Morgan fingerprint density at radius 2 is 2.04 bits per heavy atom. The minimum absolute atomic E-state index is 0.0310. The van der Waals surface area contributed by atoms with Gasteiger partial charge < -0.3 is 14.7 Å². The maximum Gasteiger partial charge on any atom is 0.328 e. The zero-order valence-corrected chi connectivity index (χ0v) is 16.3. The van der Waals surface area contributed by atoms with Gasteiger partial charge in [0.15, 0.2) is 6.04 Å². The van der Waals surface area contributed by atoms with E-state index in [0.29, 0.717) is 12.2 Å². The van der Waals surface area contributed by atoms with Gasteiger partial charge in [0, 0.05) is 22.8 Å². The van der Waals surface area contributed by atoms with E-state index in [4.69, 9.17) is 4.74 Å². The van der Waals surface area contributed by atoms with E-state index < -0.39 is 12.0 Å². The molecule has 3 rings (SSSR count). The van der Waals surface area contributed by atoms with Gasteiger partial charge in [0.1, 0.15) is 0 Å². The molecule has 1 unspecified atom stereocenters. The van der Waals surface area contributed by atoms with Crippen molar-refractivity contribution in [3.8, 4) is 0 Å². The van der Waals surface area contributed by atoms with Crippen molar-refractivity contribution in [1.82, 2.24) is 4.90 Å². The molecule has 0 spiro atoms. The Bertz CT molecular complexity index is 852. The van der Waals surface area contributed by atoms with E-state index in [9.17, 15) is 14.7 Å². The van der Waals surface area contributed by atoms with Crippen LogP contribution in [0.1, 0.15) is 27.0 Å². The normalized spacial score (nSPS) is 17.0. The van der Waals surface area contributed by atoms with Crippen LogP contribution >= 0.6 is 11.8 Å². The van der Waals surface area contributed by atoms with Gasteiger partial charge in [-0.25, -0.2) is 4.79 Å². The second-order valence-electron chi connectivity index (χ2n) is 6.69. The predicted octanol–water partition coefficient (Wildman–Crippen LogP) is 3.52. The van der Waals surface area contributed by atoms with E-state index in [1.165, 1.54) is 20.9 Å². The fourth-order valence-electron chi connectivity index (χ4n) is 3.04. The molecular formula is C21H23NO4S. The fraction of sp³-hybridized carbons (Fsp3) is 0.333. The molecule has 5 nitrogen and oxygen atoms in total. The van der Waals surface area contributed by atoms with E-state index >= 15 is 0 Å². The molecule has 1 amide bonds. The number of morpholine rings is 1. The molecule has 1 aliphatic heterocycles. The summed E-state index contributed by atoms with van der Waals surface area (Å²) in [6.07, 6.45) is 0. The highest BCUT2D eigenvalue weighted by molar-refractivity contribution is 7.98. The van der Waals surface area contributed by atoms with Crippen LogP contribution in [-0.4, -0.2) is 47.7 Å². The molecule has 0 aromatic heterocycles. The number of aryl methyl sites for hydroxylation is 2. The van der Waals surface area contributed by atoms with Gasteiger partial charge >= 0.3 is 5.97 Å². The molecule has 0 aliphatic carbocycles. The number of thioether (sulfide) groups is 1. The van der Waals surface area contributed by atoms with Crippen molar-refractivity contribution < 1.29 is 19.4 Å². The summed E-state index contributed by atoms with van der Waals surface area (Å²) in [5.41, 5.74) is 4.00. The number of hydrogen-bond donors (Lipinski definition) is 1. The van der Waals surface area contributed by atoms with E-state index in [0.717, 1.165) is 11.3 Å². The lowest BCUT2D eigenvalue weighted by molar-refractivity contribution is -0.147. The second-order valence-corrected chi connectivity index (χ2v) is 7.70. The monoisotopic (exact) mass is 385 g/mol. The third-order valence-corrected chi connectivity index (χ3v) is 5.81. The van der Waals surface area contributed by atoms with E-state index in [-0.39, 0.29) is 19.1 Å². The van der Waals surface area contributed by atoms with Crippen LogP contribution in [0.3, 0.4) is 0 Å². The van der Waals surface area contributed by atoms with E-state index in [1.54, 1.807) is 17.8 Å². The standard InChI is InChI=1S/C21H23NO4S/c1-14-6-7-15(2)19(10-14)27-13-16-4-3-5-17(11-16)20(23)22-8-9-26-12-18(22)21(24)25/h3-7,10-11,18H,8-9,12-13H2,1-2H3,(H,24,25). The summed E-state index contributed by atoms with van der Waals surface area (Å²) in [6.45, 7) is 4.84. The van der Waals surface area contributed by atoms with Crippen LogP contribution in [-0.2, 0) is 15.3 Å². The van der Waals surface area contributed by atoms with Crippen LogP contribution < -0.4 is 0 Å². The SMILES string of the molecule is Cc1ccc(C)c(SCc2cccc(C(=O)N3CCOCC3C(=O)O)c2)c1. The summed E-state index contributed by atoms with van der Waals surface area (Å²) in [5.74, 6) is -0.550. The summed E-state index contributed by atoms with van der Waals surface area (Å²) in [4.78, 5) is 26.9. The predicted molar refractivity (Wildman–Crippen MR) is 105 cm³/mol. The topological polar surface area (TPSA) is 66.8 Å². The number of rotatable bonds is 5. The van der Waals surface area contributed by atoms with Gasteiger partial charge in [0.25, 0.3) is 5.91 Å². The van der Waals surface area contributed by atoms with Gasteiger partial charge in [-0.1, -0.05) is 29.8 Å². The number of amides is 1. The minimum Gasteiger partial charge on any atom is -0.480 e. The average Bonchev–Trinajstić information content (AvgIpc) is 2.68. The van der Waals surface area contributed by atoms with Crippen LogP contribution in [0, 0.1) is 13.8 Å². The molecule has 1 heterocycles. The maximum atomic E-state index is 12.8. The number of ether oxygens (including phenoxy) is 1. The van der Waals surface area contributed by atoms with Crippen LogP contribution in [0.4, 0.5) is 0 Å². The molecule has 0 radical (unpaired) electrons. The van der Waals surface area contributed by atoms with Gasteiger partial charge in [-0.05, 0) is 43.2 Å². The quantitative estimate of drug-likeness (QED) is 0.798. The Labute approximate surface area is 163 Å². The van der Waals surface area contributed by atoms with Gasteiger partial charge in [0.05, 0.1) is 13.2 Å². The van der Waals surface area contributed by atoms with Crippen LogP contribution in [0.25, 0.3) is 0 Å². The number of benzene rings is 2. The first-order valence-corrected chi connectivity index (χ1v) is 9.85. The van der Waals surface area contributed by atoms with Crippen LogP contribution in [0.5, 0.6) is 0 Å². The molecule has 6 heteroatoms. The van der Waals surface area contributed by atoms with Crippen LogP contribution in [0.15, 0.2) is 47.4 Å². The summed E-state index contributed by atoms with van der Waals surface area (Å²) in [6, 6.07) is 12.9. The molecule has 0 bridgehead atoms. The number of hydrogen-bond acceptors (Lipinski definition) is 4. The van der Waals surface area contributed by atoms with Gasteiger partial charge in [-0.15, -0.1) is 11.8 Å². The lowest BCUT2D eigenvalue weighted by Gasteiger charge is -2.33. The van der Waals surface area contributed by atoms with Crippen molar-refractivity contribution in [1.29, 1.82) is 0 Å². The smallest absolute Gasteiger partial charge is 0.328 e. The molecule has 1 N–H and O–H groups in total. The van der Waals surface area contributed by atoms with Crippen molar-refractivity contribution >= 4 is 23.6 Å². The molecule has 1 fully saturated rings. The maximum absolute atomic E-state index is 12.8. The van der Waals surface area contributed by atoms with Gasteiger partial charge in [0.2, 0.25) is 0 Å². The lowest BCUT2D eigenvalue weighted by Crippen LogP contribution is -2.52. The lowest BCUT2D eigenvalue weighted by atomic mass is 10.1. The highest BCUT2D eigenvalue weighted by Gasteiger charge is 2.33. The van der Waals surface area contributed by atoms with Crippen molar-refractivity contribution in [2.75, 3.05) is 19.8 Å². The molecule has 0 saturated carbocycles. The molecule has 1 aliphatic rings. The first kappa shape index (κ1) is 19.5. The first-order valence-electron chi connectivity index (χ1n) is 8.86. The Kier molecular flexibility index (Phi) is 6.19. The Hall–Kier alpha value is -2.31. The zero-order valence-electron chi connectivity index (χ0n) is 15.5. The molecule has 27 heavy (non-hydrogen) atoms. The largest absolute Gasteiger partial charge is 0.480 e. The van der Waals surface area contributed by atoms with Crippen molar-refractivity contribution in [3.05, 3.63) is 64.7 Å². The average molecular weight is 385 g/mol. The number of aliphatic carboxylic acids is 1. The molecular weight excluding hydrogens is 362 g/mol. The number of carbonyl (C=O) groups excluding carboxylic acids is 1. The molecule has 2 aromatic rings. The van der Waals surface area contributed by atoms with E-state index in [2.05, 4.69) is 32.0 Å². The third kappa shape index (κ3) is 4.70. The van der Waals surface area contributed by atoms with Gasteiger partial charge in [-0.2, -0.15) is 0 Å². The van der Waals surface area contributed by atoms with Gasteiger partial charge in [-0.3, -0.25) is 4.79 Å². The number of nitrogens with zero attached hydrogens (tertiary/aromatic N) is 1. The Balaban J connectivity index is 1.73. The van der Waals surface area contributed by atoms with E-state index in [1.807, 2.05) is 18.2 Å². The van der Waals surface area contributed by atoms with Crippen molar-refractivity contribution in [3.63, 3.8) is 0 Å². The Morgan fingerprint density at radius 3 is 2.81 bits per heavy atom. The Morgan fingerprint density at radius 1 is 1.22 bits per heavy atom. The molecule has 1 saturated heterocycles. The first-order chi connectivity index (χ1) is 13.0. The third-order valence-electron chi connectivity index (χ3n) is 4.59. The summed E-state index contributed by atoms with van der Waals surface area (Å²) in [5, 5.41) is 9.34. The van der Waals surface area contributed by atoms with Crippen molar-refractivity contribution in [2.45, 2.75) is 30.5 Å². The summed E-state index contributed by atoms with van der Waals surface area (Å²) in [7, 11) is 0. The highest BCUT2D eigenvalue weighted by atomic mass is 32.2. The molecule has 142 valence electrons. The molecule has 2 aromatic carbocycles. The summed E-state index contributed by atoms with van der Waals surface area (Å²) >= 11 is 1.74. The molecule has 1 atom stereocenters. The van der Waals surface area contributed by atoms with Crippen LogP contribution in [0.2, 0.25) is 0 Å². The van der Waals surface area contributed by atoms with Crippen molar-refractivity contribution in [2.24, 2.45) is 0 Å². The number of carboxylic acids is 1. The number of carbonyl (C=O) groups is 2. The minimum atomic E-state index is -1.04.